The first-order valence-corrected chi connectivity index (χ1v) is 9.65. The van der Waals surface area contributed by atoms with Crippen LogP contribution >= 0.6 is 15.9 Å². The molecule has 0 bridgehead atoms. The van der Waals surface area contributed by atoms with Gasteiger partial charge in [0.25, 0.3) is 0 Å². The predicted molar refractivity (Wildman–Crippen MR) is 86.8 cm³/mol. The first-order valence-electron chi connectivity index (χ1n) is 7.41. The minimum Gasteiger partial charge on any atom is -0.297 e. The van der Waals surface area contributed by atoms with Crippen molar-refractivity contribution < 1.29 is 8.42 Å². The van der Waals surface area contributed by atoms with Gasteiger partial charge in [-0.2, -0.15) is 4.31 Å². The molecule has 0 N–H and O–H groups in total. The zero-order chi connectivity index (χ0) is 15.2. The standard InChI is InChI=1S/C15H21BrN2O2S/c1-11-5-6-15(14(16)8-11)21(19,20)18-10-13-4-3-7-17(13)9-12(18)2/h5-6,8,12-13H,3-4,7,9-10H2,1-2H3. The average Bonchev–Trinajstić information content (AvgIpc) is 2.84. The zero-order valence-corrected chi connectivity index (χ0v) is 14.8. The smallest absolute Gasteiger partial charge is 0.244 e. The van der Waals surface area contributed by atoms with Gasteiger partial charge in [0, 0.05) is 29.6 Å². The minimum atomic E-state index is -3.44. The molecule has 0 radical (unpaired) electrons. The van der Waals surface area contributed by atoms with Crippen LogP contribution in [-0.2, 0) is 10.0 Å². The summed E-state index contributed by atoms with van der Waals surface area (Å²) in [6.07, 6.45) is 2.29. The number of sulfonamides is 1. The molecule has 21 heavy (non-hydrogen) atoms. The van der Waals surface area contributed by atoms with Crippen molar-refractivity contribution >= 4 is 26.0 Å². The molecule has 1 aromatic rings. The third kappa shape index (κ3) is 2.79. The second-order valence-corrected chi connectivity index (χ2v) is 8.86. The lowest BCUT2D eigenvalue weighted by Crippen LogP contribution is -2.56. The van der Waals surface area contributed by atoms with Gasteiger partial charge in [0.05, 0.1) is 4.90 Å². The molecule has 0 amide bonds. The predicted octanol–water partition coefficient (Wildman–Crippen LogP) is 2.61. The SMILES string of the molecule is Cc1ccc(S(=O)(=O)N2CC3CCCN3CC2C)c(Br)c1. The number of nitrogens with zero attached hydrogens (tertiary/aromatic N) is 2. The van der Waals surface area contributed by atoms with Gasteiger partial charge in [0.2, 0.25) is 10.0 Å². The number of fused-ring (bicyclic) bond motifs is 1. The van der Waals surface area contributed by atoms with Crippen LogP contribution in [0.5, 0.6) is 0 Å². The molecule has 2 atom stereocenters. The fraction of sp³-hybridized carbons (Fsp3) is 0.600. The van der Waals surface area contributed by atoms with E-state index in [1.165, 1.54) is 6.42 Å². The lowest BCUT2D eigenvalue weighted by Gasteiger charge is -2.41. The fourth-order valence-corrected chi connectivity index (χ4v) is 6.25. The Morgan fingerprint density at radius 3 is 2.76 bits per heavy atom. The summed E-state index contributed by atoms with van der Waals surface area (Å²) in [6.45, 7) is 6.53. The van der Waals surface area contributed by atoms with E-state index in [-0.39, 0.29) is 6.04 Å². The van der Waals surface area contributed by atoms with Crippen LogP contribution in [0.3, 0.4) is 0 Å². The van der Waals surface area contributed by atoms with Crippen LogP contribution in [0.25, 0.3) is 0 Å². The van der Waals surface area contributed by atoms with E-state index in [1.807, 2.05) is 26.0 Å². The van der Waals surface area contributed by atoms with Crippen molar-refractivity contribution in [1.29, 1.82) is 0 Å². The average molecular weight is 373 g/mol. The molecular formula is C15H21BrN2O2S. The third-order valence-corrected chi connectivity index (χ3v) is 7.51. The molecule has 2 saturated heterocycles. The first kappa shape index (κ1) is 15.5. The molecule has 4 nitrogen and oxygen atoms in total. The molecule has 0 aliphatic carbocycles. The van der Waals surface area contributed by atoms with E-state index in [0.29, 0.717) is 22.0 Å². The topological polar surface area (TPSA) is 40.6 Å². The van der Waals surface area contributed by atoms with E-state index >= 15 is 0 Å². The van der Waals surface area contributed by atoms with Crippen LogP contribution in [0, 0.1) is 6.92 Å². The molecule has 2 heterocycles. The van der Waals surface area contributed by atoms with Gasteiger partial charge in [-0.05, 0) is 66.9 Å². The van der Waals surface area contributed by atoms with E-state index in [4.69, 9.17) is 0 Å². The fourth-order valence-electron chi connectivity index (χ4n) is 3.44. The Balaban J connectivity index is 1.93. The van der Waals surface area contributed by atoms with Gasteiger partial charge in [0.1, 0.15) is 0 Å². The van der Waals surface area contributed by atoms with Crippen molar-refractivity contribution in [2.24, 2.45) is 0 Å². The Hall–Kier alpha value is -0.430. The van der Waals surface area contributed by atoms with Crippen molar-refractivity contribution in [1.82, 2.24) is 9.21 Å². The van der Waals surface area contributed by atoms with Crippen molar-refractivity contribution in [2.45, 2.75) is 43.7 Å². The molecule has 0 spiro atoms. The van der Waals surface area contributed by atoms with Crippen LogP contribution in [0.15, 0.2) is 27.6 Å². The maximum atomic E-state index is 13.0. The second-order valence-electron chi connectivity index (χ2n) is 6.15. The van der Waals surface area contributed by atoms with Gasteiger partial charge in [-0.1, -0.05) is 6.07 Å². The van der Waals surface area contributed by atoms with Crippen molar-refractivity contribution in [3.05, 3.63) is 28.2 Å². The highest BCUT2D eigenvalue weighted by Crippen LogP contribution is 2.32. The first-order chi connectivity index (χ1) is 9.89. The number of aryl methyl sites for hydroxylation is 1. The Bertz CT molecular complexity index is 647. The Labute approximate surface area is 135 Å². The zero-order valence-electron chi connectivity index (χ0n) is 12.4. The lowest BCUT2D eigenvalue weighted by molar-refractivity contribution is 0.117. The molecule has 0 aromatic heterocycles. The Kier molecular flexibility index (Phi) is 4.16. The van der Waals surface area contributed by atoms with Crippen LogP contribution in [0.4, 0.5) is 0 Å². The maximum absolute atomic E-state index is 13.0. The van der Waals surface area contributed by atoms with Gasteiger partial charge in [-0.15, -0.1) is 0 Å². The summed E-state index contributed by atoms with van der Waals surface area (Å²) in [7, 11) is -3.44. The highest BCUT2D eigenvalue weighted by molar-refractivity contribution is 9.10. The summed E-state index contributed by atoms with van der Waals surface area (Å²) in [5.74, 6) is 0. The Morgan fingerprint density at radius 1 is 1.29 bits per heavy atom. The number of hydrogen-bond donors (Lipinski definition) is 0. The van der Waals surface area contributed by atoms with Gasteiger partial charge in [0.15, 0.2) is 0 Å². The number of rotatable bonds is 2. The highest BCUT2D eigenvalue weighted by atomic mass is 79.9. The van der Waals surface area contributed by atoms with Crippen molar-refractivity contribution in [3.63, 3.8) is 0 Å². The van der Waals surface area contributed by atoms with Gasteiger partial charge < -0.3 is 0 Å². The molecule has 2 aliphatic heterocycles. The summed E-state index contributed by atoms with van der Waals surface area (Å²) in [5, 5.41) is 0. The van der Waals surface area contributed by atoms with E-state index in [0.717, 1.165) is 25.1 Å². The van der Waals surface area contributed by atoms with Crippen LogP contribution in [-0.4, -0.2) is 49.3 Å². The summed E-state index contributed by atoms with van der Waals surface area (Å²) in [5.41, 5.74) is 1.05. The van der Waals surface area contributed by atoms with Gasteiger partial charge in [-0.25, -0.2) is 8.42 Å². The van der Waals surface area contributed by atoms with E-state index in [1.54, 1.807) is 10.4 Å². The molecule has 116 valence electrons. The maximum Gasteiger partial charge on any atom is 0.244 e. The highest BCUT2D eigenvalue weighted by Gasteiger charge is 2.40. The summed E-state index contributed by atoms with van der Waals surface area (Å²) >= 11 is 3.41. The number of benzene rings is 1. The number of halogens is 1. The quantitative estimate of drug-likeness (QED) is 0.800. The normalized spacial score (nSPS) is 27.8. The molecular weight excluding hydrogens is 352 g/mol. The molecule has 2 aliphatic rings. The van der Waals surface area contributed by atoms with Gasteiger partial charge >= 0.3 is 0 Å². The van der Waals surface area contributed by atoms with Crippen LogP contribution in [0.1, 0.15) is 25.3 Å². The lowest BCUT2D eigenvalue weighted by atomic mass is 10.1. The number of hydrogen-bond acceptors (Lipinski definition) is 3. The second kappa shape index (κ2) is 5.65. The van der Waals surface area contributed by atoms with Crippen molar-refractivity contribution in [2.75, 3.05) is 19.6 Å². The van der Waals surface area contributed by atoms with E-state index in [9.17, 15) is 8.42 Å². The molecule has 3 rings (SSSR count). The largest absolute Gasteiger partial charge is 0.297 e. The summed E-state index contributed by atoms with van der Waals surface area (Å²) < 4.78 is 28.3. The van der Waals surface area contributed by atoms with Crippen molar-refractivity contribution in [3.8, 4) is 0 Å². The third-order valence-electron chi connectivity index (χ3n) is 4.55. The Morgan fingerprint density at radius 2 is 2.05 bits per heavy atom. The number of piperazine rings is 1. The van der Waals surface area contributed by atoms with Gasteiger partial charge in [-0.3, -0.25) is 4.90 Å². The summed E-state index contributed by atoms with van der Waals surface area (Å²) in [6, 6.07) is 5.85. The molecule has 1 aromatic carbocycles. The summed E-state index contributed by atoms with van der Waals surface area (Å²) in [4.78, 5) is 2.81. The van der Waals surface area contributed by atoms with Crippen LogP contribution < -0.4 is 0 Å². The monoisotopic (exact) mass is 372 g/mol. The molecule has 6 heteroatoms. The minimum absolute atomic E-state index is 0.0255. The van der Waals surface area contributed by atoms with Crippen LogP contribution in [0.2, 0.25) is 0 Å². The van der Waals surface area contributed by atoms with E-state index in [2.05, 4.69) is 20.8 Å². The van der Waals surface area contributed by atoms with E-state index < -0.39 is 10.0 Å². The molecule has 2 fully saturated rings. The molecule has 2 unspecified atom stereocenters. The molecule has 0 saturated carbocycles.